The Bertz CT molecular complexity index is 937. The largest absolute Gasteiger partial charge is 0.352 e. The molecule has 110 valence electrons. The molecule has 0 fully saturated rings. The summed E-state index contributed by atoms with van der Waals surface area (Å²) in [5.41, 5.74) is 2.80. The maximum absolute atomic E-state index is 13.2. The van der Waals surface area contributed by atoms with E-state index in [1.54, 1.807) is 12.1 Å². The molecule has 0 amide bonds. The van der Waals surface area contributed by atoms with Crippen molar-refractivity contribution >= 4 is 11.4 Å². The summed E-state index contributed by atoms with van der Waals surface area (Å²) in [6.07, 6.45) is 0. The Morgan fingerprint density at radius 3 is 2.36 bits per heavy atom. The fourth-order valence-corrected chi connectivity index (χ4v) is 2.39. The van der Waals surface area contributed by atoms with Crippen LogP contribution in [0, 0.1) is 19.7 Å². The van der Waals surface area contributed by atoms with Gasteiger partial charge in [-0.2, -0.15) is 0 Å². The summed E-state index contributed by atoms with van der Waals surface area (Å²) < 4.78 is 13.2. The van der Waals surface area contributed by atoms with Crippen molar-refractivity contribution in [3.8, 4) is 11.1 Å². The third kappa shape index (κ3) is 2.33. The average Bonchev–Trinajstić information content (AvgIpc) is 2.50. The van der Waals surface area contributed by atoms with E-state index in [1.165, 1.54) is 12.1 Å². The van der Waals surface area contributed by atoms with Crippen LogP contribution in [0.15, 0.2) is 52.1 Å². The molecule has 0 atom stereocenters. The minimum atomic E-state index is -0.572. The number of nitrogens with one attached hydrogen (secondary N) is 1. The molecule has 4 heteroatoms. The van der Waals surface area contributed by atoms with Crippen molar-refractivity contribution in [2.75, 3.05) is 5.32 Å². The number of rotatable bonds is 3. The zero-order valence-corrected chi connectivity index (χ0v) is 12.2. The molecule has 0 aromatic heterocycles. The van der Waals surface area contributed by atoms with E-state index < -0.39 is 16.7 Å². The van der Waals surface area contributed by atoms with Gasteiger partial charge in [-0.05, 0) is 48.7 Å². The smallest absolute Gasteiger partial charge is 0.250 e. The van der Waals surface area contributed by atoms with Crippen LogP contribution in [0.4, 0.5) is 15.8 Å². The van der Waals surface area contributed by atoms with Crippen LogP contribution in [0.25, 0.3) is 11.1 Å². The summed E-state index contributed by atoms with van der Waals surface area (Å²) in [7, 11) is 0. The highest BCUT2D eigenvalue weighted by Crippen LogP contribution is 2.28. The molecule has 3 nitrogen and oxygen atoms in total. The monoisotopic (exact) mass is 295 g/mol. The normalized spacial score (nSPS) is 10.9. The van der Waals surface area contributed by atoms with Gasteiger partial charge in [-0.15, -0.1) is 0 Å². The first-order chi connectivity index (χ1) is 10.5. The number of benzene rings is 2. The van der Waals surface area contributed by atoms with Gasteiger partial charge in [0.25, 0.3) is 5.43 Å². The fraction of sp³-hybridized carbons (Fsp3) is 0.111. The Hall–Kier alpha value is -2.75. The molecule has 0 aliphatic rings. The van der Waals surface area contributed by atoms with Gasteiger partial charge in [0.1, 0.15) is 11.5 Å². The SMILES string of the molecule is Cc1ccc(-c2c(Nc3cccc(F)c3)c(=O)c2=O)cc1C. The lowest BCUT2D eigenvalue weighted by Crippen LogP contribution is -2.35. The van der Waals surface area contributed by atoms with Crippen LogP contribution in [0.2, 0.25) is 0 Å². The molecule has 3 rings (SSSR count). The predicted molar refractivity (Wildman–Crippen MR) is 85.9 cm³/mol. The molecule has 0 bridgehead atoms. The first-order valence-corrected chi connectivity index (χ1v) is 6.91. The topological polar surface area (TPSA) is 46.2 Å². The van der Waals surface area contributed by atoms with Crippen LogP contribution in [0.3, 0.4) is 0 Å². The molecule has 3 aromatic carbocycles. The quantitative estimate of drug-likeness (QED) is 0.753. The second-order valence-electron chi connectivity index (χ2n) is 5.34. The molecule has 3 aromatic rings. The van der Waals surface area contributed by atoms with Crippen LogP contribution in [-0.2, 0) is 0 Å². The van der Waals surface area contributed by atoms with Crippen molar-refractivity contribution in [3.05, 3.63) is 79.9 Å². The van der Waals surface area contributed by atoms with Crippen molar-refractivity contribution < 1.29 is 4.39 Å². The van der Waals surface area contributed by atoms with Crippen LogP contribution in [-0.4, -0.2) is 0 Å². The zero-order chi connectivity index (χ0) is 15.9. The number of hydrogen-bond donors (Lipinski definition) is 1. The van der Waals surface area contributed by atoms with E-state index in [0.29, 0.717) is 16.8 Å². The summed E-state index contributed by atoms with van der Waals surface area (Å²) in [6.45, 7) is 3.93. The van der Waals surface area contributed by atoms with Gasteiger partial charge < -0.3 is 5.32 Å². The van der Waals surface area contributed by atoms with Crippen molar-refractivity contribution in [1.29, 1.82) is 0 Å². The highest BCUT2D eigenvalue weighted by atomic mass is 19.1. The van der Waals surface area contributed by atoms with Crippen LogP contribution >= 0.6 is 0 Å². The first kappa shape index (κ1) is 14.2. The standard InChI is InChI=1S/C18H14FNO2/c1-10-6-7-12(8-11(10)2)15-16(18(22)17(15)21)20-14-5-3-4-13(19)9-14/h3-9,20H,1-2H3. The Kier molecular flexibility index (Phi) is 3.37. The van der Waals surface area contributed by atoms with Gasteiger partial charge in [0.2, 0.25) is 5.43 Å². The first-order valence-electron chi connectivity index (χ1n) is 6.91. The van der Waals surface area contributed by atoms with E-state index in [2.05, 4.69) is 5.32 Å². The van der Waals surface area contributed by atoms with Gasteiger partial charge in [0.15, 0.2) is 0 Å². The second kappa shape index (κ2) is 5.22. The van der Waals surface area contributed by atoms with Crippen LogP contribution < -0.4 is 16.2 Å². The van der Waals surface area contributed by atoms with E-state index in [-0.39, 0.29) is 5.69 Å². The number of aryl methyl sites for hydroxylation is 2. The summed E-state index contributed by atoms with van der Waals surface area (Å²) in [5, 5.41) is 2.85. The molecular formula is C18H14FNO2. The maximum Gasteiger partial charge on any atom is 0.250 e. The predicted octanol–water partition coefficient (Wildman–Crippen LogP) is 3.45. The molecule has 0 unspecified atom stereocenters. The number of halogens is 1. The summed E-state index contributed by atoms with van der Waals surface area (Å²) >= 11 is 0. The van der Waals surface area contributed by atoms with E-state index in [4.69, 9.17) is 0 Å². The summed E-state index contributed by atoms with van der Waals surface area (Å²) in [5.74, 6) is -0.406. The van der Waals surface area contributed by atoms with E-state index in [1.807, 2.05) is 32.0 Å². The van der Waals surface area contributed by atoms with Crippen molar-refractivity contribution in [2.45, 2.75) is 13.8 Å². The van der Waals surface area contributed by atoms with E-state index >= 15 is 0 Å². The van der Waals surface area contributed by atoms with Gasteiger partial charge >= 0.3 is 0 Å². The van der Waals surface area contributed by atoms with Gasteiger partial charge in [-0.3, -0.25) is 9.59 Å². The molecule has 0 heterocycles. The molecule has 0 radical (unpaired) electrons. The zero-order valence-electron chi connectivity index (χ0n) is 12.2. The van der Waals surface area contributed by atoms with Crippen molar-refractivity contribution in [2.24, 2.45) is 0 Å². The lowest BCUT2D eigenvalue weighted by molar-refractivity contribution is 0.628. The fourth-order valence-electron chi connectivity index (χ4n) is 2.39. The lowest BCUT2D eigenvalue weighted by atomic mass is 9.95. The Morgan fingerprint density at radius 1 is 0.909 bits per heavy atom. The molecular weight excluding hydrogens is 281 g/mol. The average molecular weight is 295 g/mol. The van der Waals surface area contributed by atoms with Gasteiger partial charge in [0.05, 0.1) is 5.56 Å². The molecule has 0 saturated carbocycles. The Morgan fingerprint density at radius 2 is 1.68 bits per heavy atom. The second-order valence-corrected chi connectivity index (χ2v) is 5.34. The molecule has 0 aliphatic heterocycles. The summed E-state index contributed by atoms with van der Waals surface area (Å²) in [6, 6.07) is 11.4. The van der Waals surface area contributed by atoms with Gasteiger partial charge in [-0.1, -0.05) is 24.3 Å². The molecule has 0 spiro atoms. The van der Waals surface area contributed by atoms with Crippen molar-refractivity contribution in [1.82, 2.24) is 0 Å². The van der Waals surface area contributed by atoms with E-state index in [9.17, 15) is 14.0 Å². The Labute approximate surface area is 126 Å². The number of hydrogen-bond acceptors (Lipinski definition) is 3. The Balaban J connectivity index is 2.04. The third-order valence-electron chi connectivity index (χ3n) is 3.80. The van der Waals surface area contributed by atoms with Crippen LogP contribution in [0.5, 0.6) is 0 Å². The number of anilines is 2. The molecule has 1 N–H and O–H groups in total. The lowest BCUT2D eigenvalue weighted by Gasteiger charge is -2.14. The van der Waals surface area contributed by atoms with Crippen LogP contribution in [0.1, 0.15) is 11.1 Å². The minimum absolute atomic E-state index is 0.221. The maximum atomic E-state index is 13.2. The highest BCUT2D eigenvalue weighted by molar-refractivity contribution is 5.85. The minimum Gasteiger partial charge on any atom is -0.352 e. The molecule has 22 heavy (non-hydrogen) atoms. The van der Waals surface area contributed by atoms with E-state index in [0.717, 1.165) is 11.1 Å². The molecule has 0 saturated heterocycles. The van der Waals surface area contributed by atoms with Crippen molar-refractivity contribution in [3.63, 3.8) is 0 Å². The van der Waals surface area contributed by atoms with Gasteiger partial charge in [0, 0.05) is 5.69 Å². The molecule has 0 aliphatic carbocycles. The van der Waals surface area contributed by atoms with Gasteiger partial charge in [-0.25, -0.2) is 4.39 Å². The third-order valence-corrected chi connectivity index (χ3v) is 3.80. The summed E-state index contributed by atoms with van der Waals surface area (Å²) in [4.78, 5) is 23.7. The highest BCUT2D eigenvalue weighted by Gasteiger charge is 2.22.